The minimum Gasteiger partial charge on any atom is -0.381 e. The summed E-state index contributed by atoms with van der Waals surface area (Å²) < 4.78 is 5.58. The molecule has 0 spiro atoms. The molecule has 34 heavy (non-hydrogen) atoms. The summed E-state index contributed by atoms with van der Waals surface area (Å²) in [5.41, 5.74) is 9.77. The van der Waals surface area contributed by atoms with Crippen molar-refractivity contribution in [3.63, 3.8) is 0 Å². The number of fused-ring (bicyclic) bond motifs is 1. The summed E-state index contributed by atoms with van der Waals surface area (Å²) >= 11 is 6.22. The summed E-state index contributed by atoms with van der Waals surface area (Å²) in [6.45, 7) is 2.79. The molecule has 5 nitrogen and oxygen atoms in total. The summed E-state index contributed by atoms with van der Waals surface area (Å²) in [5, 5.41) is 5.02. The van der Waals surface area contributed by atoms with Gasteiger partial charge in [0.2, 0.25) is 0 Å². The standard InChI is InChI=1S/C28H29ClN4O/c29-24-13-14-25-26(20-24)32-27(33-28(25)31-17-5-19-34-18-4-16-30)15-10-21-8-11-23(12-9-21)22-6-2-1-3-7-22/h1-3,6-15,20H,4-5,16-19,30H2,(H,31,32,33). The molecule has 0 saturated carbocycles. The van der Waals surface area contributed by atoms with E-state index in [1.54, 1.807) is 0 Å². The maximum Gasteiger partial charge on any atom is 0.154 e. The Morgan fingerprint density at radius 3 is 2.41 bits per heavy atom. The molecule has 0 aliphatic rings. The van der Waals surface area contributed by atoms with Gasteiger partial charge in [-0.2, -0.15) is 0 Å². The number of nitrogens with one attached hydrogen (secondary N) is 1. The van der Waals surface area contributed by atoms with Gasteiger partial charge in [0.1, 0.15) is 5.82 Å². The molecule has 0 bridgehead atoms. The zero-order chi connectivity index (χ0) is 23.6. The number of ether oxygens (including phenoxy) is 1. The Morgan fingerprint density at radius 1 is 0.853 bits per heavy atom. The molecule has 0 fully saturated rings. The number of hydrogen-bond donors (Lipinski definition) is 2. The first-order valence-electron chi connectivity index (χ1n) is 11.6. The Kier molecular flexibility index (Phi) is 8.63. The van der Waals surface area contributed by atoms with Gasteiger partial charge < -0.3 is 15.8 Å². The van der Waals surface area contributed by atoms with Crippen molar-refractivity contribution in [1.29, 1.82) is 0 Å². The van der Waals surface area contributed by atoms with Gasteiger partial charge in [-0.25, -0.2) is 9.97 Å². The smallest absolute Gasteiger partial charge is 0.154 e. The molecule has 0 unspecified atom stereocenters. The zero-order valence-corrected chi connectivity index (χ0v) is 19.8. The van der Waals surface area contributed by atoms with Gasteiger partial charge in [0.05, 0.1) is 5.52 Å². The summed E-state index contributed by atoms with van der Waals surface area (Å²) in [6.07, 6.45) is 5.71. The van der Waals surface area contributed by atoms with E-state index >= 15 is 0 Å². The van der Waals surface area contributed by atoms with Crippen molar-refractivity contribution in [3.8, 4) is 11.1 Å². The van der Waals surface area contributed by atoms with Crippen LogP contribution in [0.5, 0.6) is 0 Å². The number of hydrogen-bond acceptors (Lipinski definition) is 5. The molecule has 6 heteroatoms. The van der Waals surface area contributed by atoms with Gasteiger partial charge in [-0.15, -0.1) is 0 Å². The monoisotopic (exact) mass is 472 g/mol. The molecule has 0 atom stereocenters. The Bertz CT molecular complexity index is 1230. The van der Waals surface area contributed by atoms with Crippen LogP contribution in [-0.4, -0.2) is 36.3 Å². The quantitative estimate of drug-likeness (QED) is 0.251. The highest BCUT2D eigenvalue weighted by atomic mass is 35.5. The zero-order valence-electron chi connectivity index (χ0n) is 19.1. The lowest BCUT2D eigenvalue weighted by Crippen LogP contribution is -2.10. The van der Waals surface area contributed by atoms with Crippen molar-refractivity contribution < 1.29 is 4.74 Å². The molecule has 0 saturated heterocycles. The maximum atomic E-state index is 6.22. The Hall–Kier alpha value is -3.25. The van der Waals surface area contributed by atoms with Crippen LogP contribution in [-0.2, 0) is 4.74 Å². The van der Waals surface area contributed by atoms with Crippen LogP contribution in [0, 0.1) is 0 Å². The van der Waals surface area contributed by atoms with E-state index in [9.17, 15) is 0 Å². The van der Waals surface area contributed by atoms with E-state index in [1.165, 1.54) is 11.1 Å². The minimum absolute atomic E-state index is 0.628. The summed E-state index contributed by atoms with van der Waals surface area (Å²) in [5.74, 6) is 1.42. The van der Waals surface area contributed by atoms with Crippen LogP contribution in [0.2, 0.25) is 5.02 Å². The van der Waals surface area contributed by atoms with Gasteiger partial charge in [-0.1, -0.05) is 72.3 Å². The summed E-state index contributed by atoms with van der Waals surface area (Å²) in [4.78, 5) is 9.44. The van der Waals surface area contributed by atoms with Crippen LogP contribution in [0.25, 0.3) is 34.2 Å². The number of benzene rings is 3. The SMILES string of the molecule is NCCCOCCCNc1nc(C=Cc2ccc(-c3ccccc3)cc2)nc2cc(Cl)ccc12. The van der Waals surface area contributed by atoms with E-state index in [2.05, 4.69) is 41.7 Å². The van der Waals surface area contributed by atoms with Gasteiger partial charge in [0.15, 0.2) is 5.82 Å². The largest absolute Gasteiger partial charge is 0.381 e. The van der Waals surface area contributed by atoms with Crippen molar-refractivity contribution in [2.75, 3.05) is 31.6 Å². The molecule has 4 rings (SSSR count). The van der Waals surface area contributed by atoms with Crippen LogP contribution in [0.4, 0.5) is 5.82 Å². The van der Waals surface area contributed by atoms with Crippen molar-refractivity contribution in [2.45, 2.75) is 12.8 Å². The van der Waals surface area contributed by atoms with Gasteiger partial charge in [-0.05, 0) is 60.4 Å². The molecule has 0 aliphatic heterocycles. The van der Waals surface area contributed by atoms with Crippen molar-refractivity contribution in [2.24, 2.45) is 5.73 Å². The van der Waals surface area contributed by atoms with Crippen LogP contribution in [0.1, 0.15) is 24.2 Å². The van der Waals surface area contributed by atoms with Crippen LogP contribution >= 0.6 is 11.6 Å². The molecular weight excluding hydrogens is 444 g/mol. The van der Waals surface area contributed by atoms with Gasteiger partial charge in [0.25, 0.3) is 0 Å². The molecule has 1 aromatic heterocycles. The Morgan fingerprint density at radius 2 is 1.62 bits per heavy atom. The summed E-state index contributed by atoms with van der Waals surface area (Å²) in [6, 6.07) is 24.5. The van der Waals surface area contributed by atoms with E-state index in [0.29, 0.717) is 30.6 Å². The van der Waals surface area contributed by atoms with Crippen LogP contribution in [0.3, 0.4) is 0 Å². The second-order valence-electron chi connectivity index (χ2n) is 7.95. The van der Waals surface area contributed by atoms with E-state index < -0.39 is 0 Å². The fraction of sp³-hybridized carbons (Fsp3) is 0.214. The molecular formula is C28H29ClN4O. The molecule has 0 aliphatic carbocycles. The predicted molar refractivity (Wildman–Crippen MR) is 143 cm³/mol. The first kappa shape index (κ1) is 23.9. The average Bonchev–Trinajstić information content (AvgIpc) is 2.87. The predicted octanol–water partition coefficient (Wildman–Crippen LogP) is 6.29. The highest BCUT2D eigenvalue weighted by Crippen LogP contribution is 2.25. The van der Waals surface area contributed by atoms with E-state index in [1.807, 2.05) is 48.6 Å². The Labute approximate surface area is 205 Å². The molecule has 3 N–H and O–H groups in total. The fourth-order valence-corrected chi connectivity index (χ4v) is 3.75. The third kappa shape index (κ3) is 6.64. The average molecular weight is 473 g/mol. The Balaban J connectivity index is 1.47. The normalized spacial score (nSPS) is 11.4. The lowest BCUT2D eigenvalue weighted by molar-refractivity contribution is 0.133. The maximum absolute atomic E-state index is 6.22. The first-order chi connectivity index (χ1) is 16.7. The molecule has 0 amide bonds. The van der Waals surface area contributed by atoms with Crippen molar-refractivity contribution in [3.05, 3.63) is 89.2 Å². The second-order valence-corrected chi connectivity index (χ2v) is 8.38. The third-order valence-electron chi connectivity index (χ3n) is 5.37. The lowest BCUT2D eigenvalue weighted by Gasteiger charge is -2.10. The van der Waals surface area contributed by atoms with Gasteiger partial charge >= 0.3 is 0 Å². The number of aromatic nitrogens is 2. The number of rotatable bonds is 11. The molecule has 1 heterocycles. The lowest BCUT2D eigenvalue weighted by atomic mass is 10.0. The number of nitrogens with zero attached hydrogens (tertiary/aromatic N) is 2. The first-order valence-corrected chi connectivity index (χ1v) is 11.9. The van der Waals surface area contributed by atoms with E-state index in [0.717, 1.165) is 41.7 Å². The molecule has 0 radical (unpaired) electrons. The van der Waals surface area contributed by atoms with Crippen molar-refractivity contribution >= 4 is 40.5 Å². The fourth-order valence-electron chi connectivity index (χ4n) is 3.59. The van der Waals surface area contributed by atoms with E-state index in [-0.39, 0.29) is 0 Å². The second kappa shape index (κ2) is 12.3. The van der Waals surface area contributed by atoms with Gasteiger partial charge in [0, 0.05) is 30.2 Å². The van der Waals surface area contributed by atoms with Crippen LogP contribution < -0.4 is 11.1 Å². The topological polar surface area (TPSA) is 73.1 Å². The molecule has 174 valence electrons. The third-order valence-corrected chi connectivity index (χ3v) is 5.60. The summed E-state index contributed by atoms with van der Waals surface area (Å²) in [7, 11) is 0. The molecule has 3 aromatic carbocycles. The van der Waals surface area contributed by atoms with Crippen LogP contribution in [0.15, 0.2) is 72.8 Å². The minimum atomic E-state index is 0.628. The van der Waals surface area contributed by atoms with Gasteiger partial charge in [-0.3, -0.25) is 0 Å². The number of nitrogens with two attached hydrogens (primary N) is 1. The number of halogens is 1. The highest BCUT2D eigenvalue weighted by Gasteiger charge is 2.07. The highest BCUT2D eigenvalue weighted by molar-refractivity contribution is 6.31. The number of anilines is 1. The molecule has 4 aromatic rings. The van der Waals surface area contributed by atoms with E-state index in [4.69, 9.17) is 32.0 Å². The van der Waals surface area contributed by atoms with Crippen molar-refractivity contribution in [1.82, 2.24) is 9.97 Å².